The second-order valence-electron chi connectivity index (χ2n) is 12.8. The zero-order valence-corrected chi connectivity index (χ0v) is 26.6. The summed E-state index contributed by atoms with van der Waals surface area (Å²) in [6.07, 6.45) is 0. The van der Waals surface area contributed by atoms with Crippen molar-refractivity contribution in [2.24, 2.45) is 0 Å². The summed E-state index contributed by atoms with van der Waals surface area (Å²) in [5.74, 6) is 1.86. The van der Waals surface area contributed by atoms with E-state index in [1.807, 2.05) is 41.7 Å². The van der Waals surface area contributed by atoms with Crippen LogP contribution in [0.2, 0.25) is 0 Å². The van der Waals surface area contributed by atoms with Crippen LogP contribution in [0.1, 0.15) is 25.0 Å². The summed E-state index contributed by atoms with van der Waals surface area (Å²) in [5.41, 5.74) is 9.51. The minimum Gasteiger partial charge on any atom is -0.455 e. The first-order valence-corrected chi connectivity index (χ1v) is 16.7. The van der Waals surface area contributed by atoms with Gasteiger partial charge in [0.1, 0.15) is 11.2 Å². The third kappa shape index (κ3) is 3.90. The Hall–Kier alpha value is -5.65. The highest BCUT2D eigenvalue weighted by molar-refractivity contribution is 7.25. The van der Waals surface area contributed by atoms with E-state index >= 15 is 0 Å². The van der Waals surface area contributed by atoms with Gasteiger partial charge < -0.3 is 4.42 Å². The van der Waals surface area contributed by atoms with Gasteiger partial charge in [-0.3, -0.25) is 0 Å². The van der Waals surface area contributed by atoms with Gasteiger partial charge in [-0.25, -0.2) is 15.0 Å². The van der Waals surface area contributed by atoms with Crippen molar-refractivity contribution in [1.29, 1.82) is 0 Å². The molecule has 9 aromatic rings. The summed E-state index contributed by atoms with van der Waals surface area (Å²) < 4.78 is 9.26. The molecule has 6 aromatic carbocycles. The van der Waals surface area contributed by atoms with Crippen LogP contribution in [-0.2, 0) is 5.41 Å². The van der Waals surface area contributed by atoms with Gasteiger partial charge in [-0.2, -0.15) is 0 Å². The smallest absolute Gasteiger partial charge is 0.167 e. The van der Waals surface area contributed by atoms with Crippen molar-refractivity contribution in [1.82, 2.24) is 15.0 Å². The standard InChI is InChI=1S/C42H27N3OS/c1-42(2)33-17-8-6-13-26(33)30-22-31-28-15-10-16-29(38(28)46-35(31)23-34(30)42)41-44-39(24-11-4-3-5-12-24)43-40(45-41)25-19-20-37-32(21-25)27-14-7-9-18-36(27)47-37/h3-23H,1-2H3. The molecule has 0 N–H and O–H groups in total. The topological polar surface area (TPSA) is 51.8 Å². The molecule has 4 nitrogen and oxygen atoms in total. The first-order valence-electron chi connectivity index (χ1n) is 15.9. The van der Waals surface area contributed by atoms with Gasteiger partial charge in [0.15, 0.2) is 17.5 Å². The predicted octanol–water partition coefficient (Wildman–Crippen LogP) is 11.4. The van der Waals surface area contributed by atoms with Crippen molar-refractivity contribution in [2.45, 2.75) is 19.3 Å². The lowest BCUT2D eigenvalue weighted by molar-refractivity contribution is 0.647. The van der Waals surface area contributed by atoms with Crippen LogP contribution in [0.25, 0.3) is 87.4 Å². The fourth-order valence-electron chi connectivity index (χ4n) is 7.37. The molecule has 3 aromatic heterocycles. The number of hydrogen-bond donors (Lipinski definition) is 0. The van der Waals surface area contributed by atoms with E-state index in [0.29, 0.717) is 17.5 Å². The number of fused-ring (bicyclic) bond motifs is 9. The third-order valence-electron chi connectivity index (χ3n) is 9.74. The highest BCUT2D eigenvalue weighted by Gasteiger charge is 2.36. The average Bonchev–Trinajstić information content (AvgIpc) is 3.75. The molecule has 0 saturated carbocycles. The molecule has 222 valence electrons. The third-order valence-corrected chi connectivity index (χ3v) is 10.9. The van der Waals surface area contributed by atoms with E-state index in [4.69, 9.17) is 19.4 Å². The minimum absolute atomic E-state index is 0.107. The van der Waals surface area contributed by atoms with Crippen LogP contribution in [0.3, 0.4) is 0 Å². The quantitative estimate of drug-likeness (QED) is 0.197. The molecule has 0 spiro atoms. The maximum absolute atomic E-state index is 6.74. The van der Waals surface area contributed by atoms with Crippen molar-refractivity contribution in [2.75, 3.05) is 0 Å². The number of para-hydroxylation sites is 1. The van der Waals surface area contributed by atoms with Gasteiger partial charge in [0.25, 0.3) is 0 Å². The molecule has 0 bridgehead atoms. The lowest BCUT2D eigenvalue weighted by Gasteiger charge is -2.21. The van der Waals surface area contributed by atoms with Crippen molar-refractivity contribution in [3.63, 3.8) is 0 Å². The first kappa shape index (κ1) is 26.6. The van der Waals surface area contributed by atoms with E-state index in [1.165, 1.54) is 42.4 Å². The Morgan fingerprint density at radius 2 is 1.19 bits per heavy atom. The zero-order chi connectivity index (χ0) is 31.3. The Labute approximate surface area is 275 Å². The number of thiophene rings is 1. The van der Waals surface area contributed by atoms with Gasteiger partial charge in [0, 0.05) is 47.5 Å². The van der Waals surface area contributed by atoms with E-state index in [-0.39, 0.29) is 5.41 Å². The lowest BCUT2D eigenvalue weighted by Crippen LogP contribution is -2.14. The Balaban J connectivity index is 1.20. The molecule has 1 aliphatic rings. The molecule has 0 unspecified atom stereocenters. The molecule has 0 amide bonds. The summed E-state index contributed by atoms with van der Waals surface area (Å²) in [6, 6.07) is 44.7. The maximum atomic E-state index is 6.74. The fourth-order valence-corrected chi connectivity index (χ4v) is 8.46. The second kappa shape index (κ2) is 9.68. The molecular weight excluding hydrogens is 595 g/mol. The monoisotopic (exact) mass is 621 g/mol. The number of aromatic nitrogens is 3. The number of benzene rings is 6. The largest absolute Gasteiger partial charge is 0.455 e. The lowest BCUT2D eigenvalue weighted by atomic mass is 9.82. The maximum Gasteiger partial charge on any atom is 0.167 e. The Kier molecular flexibility index (Phi) is 5.47. The highest BCUT2D eigenvalue weighted by atomic mass is 32.1. The molecule has 0 atom stereocenters. The number of rotatable bonds is 3. The van der Waals surface area contributed by atoms with E-state index in [1.54, 1.807) is 0 Å². The molecule has 0 radical (unpaired) electrons. The van der Waals surface area contributed by atoms with Crippen molar-refractivity contribution in [3.05, 3.63) is 139 Å². The summed E-state index contributed by atoms with van der Waals surface area (Å²) in [7, 11) is 0. The normalized spacial score (nSPS) is 13.5. The Morgan fingerprint density at radius 1 is 0.489 bits per heavy atom. The number of furan rings is 1. The Morgan fingerprint density at radius 3 is 2.09 bits per heavy atom. The predicted molar refractivity (Wildman–Crippen MR) is 194 cm³/mol. The molecule has 5 heteroatoms. The van der Waals surface area contributed by atoms with Crippen LogP contribution in [-0.4, -0.2) is 15.0 Å². The number of hydrogen-bond acceptors (Lipinski definition) is 5. The van der Waals surface area contributed by atoms with Crippen LogP contribution in [0, 0.1) is 0 Å². The first-order chi connectivity index (χ1) is 23.0. The summed E-state index contributed by atoms with van der Waals surface area (Å²) >= 11 is 1.81. The molecule has 0 fully saturated rings. The summed E-state index contributed by atoms with van der Waals surface area (Å²) in [6.45, 7) is 4.59. The minimum atomic E-state index is -0.107. The van der Waals surface area contributed by atoms with Gasteiger partial charge >= 0.3 is 0 Å². The van der Waals surface area contributed by atoms with E-state index < -0.39 is 0 Å². The van der Waals surface area contributed by atoms with Crippen LogP contribution in [0.4, 0.5) is 0 Å². The van der Waals surface area contributed by atoms with E-state index in [0.717, 1.165) is 38.6 Å². The van der Waals surface area contributed by atoms with Gasteiger partial charge in [0.05, 0.1) is 5.56 Å². The molecule has 0 aliphatic heterocycles. The molecule has 0 saturated heterocycles. The van der Waals surface area contributed by atoms with Crippen LogP contribution < -0.4 is 0 Å². The highest BCUT2D eigenvalue weighted by Crippen LogP contribution is 2.51. The van der Waals surface area contributed by atoms with Crippen molar-refractivity contribution in [3.8, 4) is 45.3 Å². The molecule has 3 heterocycles. The van der Waals surface area contributed by atoms with Crippen molar-refractivity contribution < 1.29 is 4.42 Å². The fraction of sp³-hybridized carbons (Fsp3) is 0.0714. The molecule has 10 rings (SSSR count). The average molecular weight is 622 g/mol. The van der Waals surface area contributed by atoms with Gasteiger partial charge in [0.2, 0.25) is 0 Å². The van der Waals surface area contributed by atoms with Crippen LogP contribution in [0.15, 0.2) is 132 Å². The number of nitrogens with zero attached hydrogens (tertiary/aromatic N) is 3. The van der Waals surface area contributed by atoms with Gasteiger partial charge in [-0.1, -0.05) is 98.8 Å². The zero-order valence-electron chi connectivity index (χ0n) is 25.8. The molecule has 1 aliphatic carbocycles. The second-order valence-corrected chi connectivity index (χ2v) is 13.9. The Bertz CT molecular complexity index is 2720. The van der Waals surface area contributed by atoms with Gasteiger partial charge in [-0.15, -0.1) is 11.3 Å². The SMILES string of the molecule is CC1(C)c2ccccc2-c2cc3c(cc21)oc1c(-c2nc(-c4ccccc4)nc(-c4ccc5sc6ccccc6c5c4)n2)cccc13. The molecule has 47 heavy (non-hydrogen) atoms. The van der Waals surface area contributed by atoms with E-state index in [9.17, 15) is 0 Å². The summed E-state index contributed by atoms with van der Waals surface area (Å²) in [5, 5.41) is 4.61. The van der Waals surface area contributed by atoms with Crippen LogP contribution in [0.5, 0.6) is 0 Å². The summed E-state index contributed by atoms with van der Waals surface area (Å²) in [4.78, 5) is 15.2. The van der Waals surface area contributed by atoms with Gasteiger partial charge in [-0.05, 0) is 64.7 Å². The van der Waals surface area contributed by atoms with Crippen molar-refractivity contribution >= 4 is 53.4 Å². The van der Waals surface area contributed by atoms with E-state index in [2.05, 4.69) is 111 Å². The molecular formula is C42H27N3OS. The van der Waals surface area contributed by atoms with Crippen LogP contribution >= 0.6 is 11.3 Å².